The summed E-state index contributed by atoms with van der Waals surface area (Å²) < 4.78 is 5.24. The van der Waals surface area contributed by atoms with E-state index in [9.17, 15) is 9.59 Å². The van der Waals surface area contributed by atoms with E-state index < -0.39 is 0 Å². The highest BCUT2D eigenvalue weighted by molar-refractivity contribution is 5.75. The van der Waals surface area contributed by atoms with Gasteiger partial charge < -0.3 is 10.1 Å². The van der Waals surface area contributed by atoms with E-state index in [1.54, 1.807) is 0 Å². The van der Waals surface area contributed by atoms with Crippen LogP contribution in [-0.2, 0) is 14.3 Å². The molecule has 0 aromatic heterocycles. The molecule has 0 saturated carbocycles. The predicted octanol–water partition coefficient (Wildman–Crippen LogP) is 11.0. The van der Waals surface area contributed by atoms with Crippen LogP contribution < -0.4 is 5.32 Å². The van der Waals surface area contributed by atoms with Crippen molar-refractivity contribution in [3.8, 4) is 0 Å². The van der Waals surface area contributed by atoms with Crippen molar-refractivity contribution in [2.75, 3.05) is 13.2 Å². The number of allylic oxidation sites excluding steroid dienone is 10. The lowest BCUT2D eigenvalue weighted by Crippen LogP contribution is -2.27. The number of ether oxygens (including phenoxy) is 1. The third-order valence-corrected chi connectivity index (χ3v) is 7.10. The number of amides is 1. The topological polar surface area (TPSA) is 55.4 Å². The van der Waals surface area contributed by atoms with Gasteiger partial charge in [0.05, 0.1) is 6.54 Å². The van der Waals surface area contributed by atoms with Crippen LogP contribution in [-0.4, -0.2) is 25.0 Å². The Morgan fingerprint density at radius 3 is 1.48 bits per heavy atom. The fourth-order valence-electron chi connectivity index (χ4n) is 4.55. The molecule has 4 heteroatoms. The van der Waals surface area contributed by atoms with Gasteiger partial charge in [0.1, 0.15) is 6.61 Å². The third-order valence-electron chi connectivity index (χ3n) is 7.10. The molecule has 0 radical (unpaired) electrons. The van der Waals surface area contributed by atoms with Gasteiger partial charge in [-0.3, -0.25) is 9.59 Å². The van der Waals surface area contributed by atoms with Crippen molar-refractivity contribution in [2.24, 2.45) is 0 Å². The van der Waals surface area contributed by atoms with Crippen LogP contribution in [0, 0.1) is 0 Å². The second-order valence-corrected chi connectivity index (χ2v) is 11.2. The lowest BCUT2D eigenvalue weighted by molar-refractivity contribution is -0.144. The Morgan fingerprint density at radius 2 is 0.976 bits per heavy atom. The van der Waals surface area contributed by atoms with Crippen LogP contribution in [0.25, 0.3) is 0 Å². The number of carbonyl (C=O) groups excluding carboxylic acids is 2. The minimum atomic E-state index is -0.187. The predicted molar refractivity (Wildman–Crippen MR) is 183 cm³/mol. The van der Waals surface area contributed by atoms with Crippen LogP contribution in [0.15, 0.2) is 60.8 Å². The van der Waals surface area contributed by atoms with Crippen molar-refractivity contribution in [1.82, 2.24) is 5.32 Å². The Balaban J connectivity index is 3.46. The molecule has 240 valence electrons. The maximum Gasteiger partial charge on any atom is 0.305 e. The molecule has 0 aliphatic carbocycles. The Labute approximate surface area is 260 Å². The van der Waals surface area contributed by atoms with Crippen molar-refractivity contribution in [2.45, 2.75) is 155 Å². The molecule has 0 aromatic carbocycles. The number of nitrogens with one attached hydrogen (secondary N) is 1. The Morgan fingerprint density at radius 1 is 0.524 bits per heavy atom. The standard InChI is InChI=1S/C38H65NO3/c1-3-5-7-9-11-13-15-17-18-19-20-22-24-26-28-30-32-34-38(41)42-36-35-39-37(40)33-31-29-27-25-23-21-16-14-12-10-8-6-4-2/h5,7,11,13,17-18,20,22,26,28H,3-4,6,8-10,12,14-16,19,21,23-25,27,29-36H2,1-2H3,(H,39,40)/b7-5-,13-11-,18-17-,22-20-,28-26-. The highest BCUT2D eigenvalue weighted by atomic mass is 16.5. The van der Waals surface area contributed by atoms with Gasteiger partial charge in [0, 0.05) is 12.8 Å². The fraction of sp³-hybridized carbons (Fsp3) is 0.684. The average Bonchev–Trinajstić information content (AvgIpc) is 2.99. The average molecular weight is 584 g/mol. The summed E-state index contributed by atoms with van der Waals surface area (Å²) in [5.41, 5.74) is 0. The zero-order chi connectivity index (χ0) is 30.6. The molecule has 1 N–H and O–H groups in total. The van der Waals surface area contributed by atoms with Crippen LogP contribution in [0.2, 0.25) is 0 Å². The van der Waals surface area contributed by atoms with Gasteiger partial charge in [-0.25, -0.2) is 0 Å². The summed E-state index contributed by atoms with van der Waals surface area (Å²) in [6, 6.07) is 0. The van der Waals surface area contributed by atoms with E-state index in [1.807, 2.05) is 0 Å². The van der Waals surface area contributed by atoms with Gasteiger partial charge in [-0.2, -0.15) is 0 Å². The molecule has 0 aromatic rings. The van der Waals surface area contributed by atoms with Crippen LogP contribution in [0.4, 0.5) is 0 Å². The summed E-state index contributed by atoms with van der Waals surface area (Å²) in [5.74, 6) is -0.124. The first kappa shape index (κ1) is 39.6. The van der Waals surface area contributed by atoms with Gasteiger partial charge in [0.15, 0.2) is 0 Å². The molecule has 0 heterocycles. The van der Waals surface area contributed by atoms with Crippen molar-refractivity contribution in [3.05, 3.63) is 60.8 Å². The van der Waals surface area contributed by atoms with E-state index in [-0.39, 0.29) is 18.5 Å². The monoisotopic (exact) mass is 583 g/mol. The first-order valence-corrected chi connectivity index (χ1v) is 17.4. The number of carbonyl (C=O) groups is 2. The molecule has 0 aliphatic heterocycles. The van der Waals surface area contributed by atoms with Crippen molar-refractivity contribution < 1.29 is 14.3 Å². The maximum absolute atomic E-state index is 12.0. The zero-order valence-electron chi connectivity index (χ0n) is 27.5. The van der Waals surface area contributed by atoms with Crippen LogP contribution in [0.1, 0.15) is 155 Å². The maximum atomic E-state index is 12.0. The van der Waals surface area contributed by atoms with E-state index >= 15 is 0 Å². The highest BCUT2D eigenvalue weighted by Gasteiger charge is 2.04. The largest absolute Gasteiger partial charge is 0.464 e. The highest BCUT2D eigenvalue weighted by Crippen LogP contribution is 2.13. The Hall–Kier alpha value is -2.36. The van der Waals surface area contributed by atoms with E-state index in [1.165, 1.54) is 70.6 Å². The number of hydrogen-bond donors (Lipinski definition) is 1. The summed E-state index contributed by atoms with van der Waals surface area (Å²) >= 11 is 0. The van der Waals surface area contributed by atoms with Crippen LogP contribution >= 0.6 is 0 Å². The Bertz CT molecular complexity index is 747. The third kappa shape index (κ3) is 33.8. The minimum Gasteiger partial charge on any atom is -0.464 e. The van der Waals surface area contributed by atoms with E-state index in [0.717, 1.165) is 57.8 Å². The number of hydrogen-bond acceptors (Lipinski definition) is 3. The molecule has 0 saturated heterocycles. The first-order valence-electron chi connectivity index (χ1n) is 17.4. The molecular weight excluding hydrogens is 518 g/mol. The molecule has 0 unspecified atom stereocenters. The molecule has 0 bridgehead atoms. The van der Waals surface area contributed by atoms with Gasteiger partial charge >= 0.3 is 5.97 Å². The van der Waals surface area contributed by atoms with Crippen molar-refractivity contribution >= 4 is 11.9 Å². The minimum absolute atomic E-state index is 0.0625. The van der Waals surface area contributed by atoms with E-state index in [0.29, 0.717) is 19.4 Å². The van der Waals surface area contributed by atoms with E-state index in [2.05, 4.69) is 79.9 Å². The molecule has 42 heavy (non-hydrogen) atoms. The normalized spacial score (nSPS) is 12.1. The quantitative estimate of drug-likeness (QED) is 0.0520. The SMILES string of the molecule is CC/C=C\C/C=C\C/C=C\C/C=C\C/C=C\CCCC(=O)OCCNC(=O)CCCCCCCCCCCCCCC. The lowest BCUT2D eigenvalue weighted by Gasteiger charge is -2.07. The van der Waals surface area contributed by atoms with E-state index in [4.69, 9.17) is 4.74 Å². The van der Waals surface area contributed by atoms with Gasteiger partial charge in [-0.05, 0) is 51.4 Å². The summed E-state index contributed by atoms with van der Waals surface area (Å²) in [4.78, 5) is 23.8. The second kappa shape index (κ2) is 34.8. The van der Waals surface area contributed by atoms with Gasteiger partial charge in [0.2, 0.25) is 5.91 Å². The number of rotatable bonds is 30. The second-order valence-electron chi connectivity index (χ2n) is 11.2. The lowest BCUT2D eigenvalue weighted by atomic mass is 10.0. The van der Waals surface area contributed by atoms with Gasteiger partial charge in [0.25, 0.3) is 0 Å². The molecule has 0 spiro atoms. The van der Waals surface area contributed by atoms with Gasteiger partial charge in [-0.15, -0.1) is 0 Å². The molecule has 0 rings (SSSR count). The van der Waals surface area contributed by atoms with Crippen molar-refractivity contribution in [1.29, 1.82) is 0 Å². The summed E-state index contributed by atoms with van der Waals surface area (Å²) in [6.07, 6.45) is 46.4. The molecule has 0 fully saturated rings. The van der Waals surface area contributed by atoms with Crippen LogP contribution in [0.3, 0.4) is 0 Å². The summed E-state index contributed by atoms with van der Waals surface area (Å²) in [6.45, 7) is 5.07. The fourth-order valence-corrected chi connectivity index (χ4v) is 4.55. The van der Waals surface area contributed by atoms with Gasteiger partial charge in [-0.1, -0.05) is 152 Å². The smallest absolute Gasteiger partial charge is 0.305 e. The molecule has 4 nitrogen and oxygen atoms in total. The molecule has 0 atom stereocenters. The number of unbranched alkanes of at least 4 members (excludes halogenated alkanes) is 13. The Kier molecular flexibility index (Phi) is 32.9. The number of esters is 1. The summed E-state index contributed by atoms with van der Waals surface area (Å²) in [5, 5.41) is 2.86. The van der Waals surface area contributed by atoms with Crippen molar-refractivity contribution in [3.63, 3.8) is 0 Å². The summed E-state index contributed by atoms with van der Waals surface area (Å²) in [7, 11) is 0. The van der Waals surface area contributed by atoms with Crippen LogP contribution in [0.5, 0.6) is 0 Å². The molecular formula is C38H65NO3. The zero-order valence-corrected chi connectivity index (χ0v) is 27.5. The first-order chi connectivity index (χ1) is 20.7. The molecule has 0 aliphatic rings. The molecule has 1 amide bonds.